The van der Waals surface area contributed by atoms with E-state index < -0.39 is 0 Å². The molecule has 2 aliphatic rings. The molecule has 2 heterocycles. The number of amides is 1. The summed E-state index contributed by atoms with van der Waals surface area (Å²) < 4.78 is 19.3. The monoisotopic (exact) mass is 410 g/mol. The summed E-state index contributed by atoms with van der Waals surface area (Å²) in [6, 6.07) is 14.9. The van der Waals surface area contributed by atoms with Gasteiger partial charge in [-0.1, -0.05) is 12.1 Å². The standard InChI is InChI=1S/C25H31FN2O2/c1-19(18-20-4-8-22(26)9-5-20)27-16-12-24(13-17-27)30-23-10-6-21(7-11-23)25(29)28-14-2-3-15-28/h4-11,19,24H,2-3,12-18H2,1H3. The first kappa shape index (κ1) is 20.9. The van der Waals surface area contributed by atoms with Crippen LogP contribution in [0.3, 0.4) is 0 Å². The third-order valence-corrected chi connectivity index (χ3v) is 6.34. The van der Waals surface area contributed by atoms with Gasteiger partial charge in [-0.05, 0) is 81.0 Å². The highest BCUT2D eigenvalue weighted by Crippen LogP contribution is 2.22. The lowest BCUT2D eigenvalue weighted by Crippen LogP contribution is -2.43. The molecule has 0 spiro atoms. The molecule has 0 aromatic heterocycles. The van der Waals surface area contributed by atoms with Crippen LogP contribution in [0.1, 0.15) is 48.5 Å². The molecule has 2 aromatic rings. The van der Waals surface area contributed by atoms with Gasteiger partial charge in [-0.15, -0.1) is 0 Å². The number of rotatable bonds is 6. The van der Waals surface area contributed by atoms with Crippen molar-refractivity contribution in [3.63, 3.8) is 0 Å². The van der Waals surface area contributed by atoms with E-state index in [0.717, 1.165) is 69.6 Å². The first-order chi connectivity index (χ1) is 14.6. The van der Waals surface area contributed by atoms with E-state index in [1.165, 1.54) is 17.7 Å². The highest BCUT2D eigenvalue weighted by molar-refractivity contribution is 5.94. The third kappa shape index (κ3) is 5.20. The summed E-state index contributed by atoms with van der Waals surface area (Å²) in [6.07, 6.45) is 5.32. The van der Waals surface area contributed by atoms with E-state index in [9.17, 15) is 9.18 Å². The minimum atomic E-state index is -0.183. The maximum Gasteiger partial charge on any atom is 0.253 e. The molecule has 0 N–H and O–H groups in total. The number of nitrogens with zero attached hydrogens (tertiary/aromatic N) is 2. The number of likely N-dealkylation sites (tertiary alicyclic amines) is 2. The lowest BCUT2D eigenvalue weighted by molar-refractivity contribution is 0.0789. The van der Waals surface area contributed by atoms with Crippen LogP contribution < -0.4 is 4.74 Å². The average molecular weight is 411 g/mol. The Morgan fingerprint density at radius 2 is 1.63 bits per heavy atom. The molecule has 2 aliphatic heterocycles. The minimum Gasteiger partial charge on any atom is -0.490 e. The zero-order chi connectivity index (χ0) is 20.9. The number of benzene rings is 2. The van der Waals surface area contributed by atoms with Crippen molar-refractivity contribution in [1.82, 2.24) is 9.80 Å². The van der Waals surface area contributed by atoms with Crippen molar-refractivity contribution in [3.05, 3.63) is 65.5 Å². The molecule has 1 amide bonds. The largest absolute Gasteiger partial charge is 0.490 e. The van der Waals surface area contributed by atoms with Gasteiger partial charge in [0.2, 0.25) is 0 Å². The Kier molecular flexibility index (Phi) is 6.68. The molecule has 0 aliphatic carbocycles. The Morgan fingerprint density at radius 3 is 2.27 bits per heavy atom. The zero-order valence-electron chi connectivity index (χ0n) is 17.7. The van der Waals surface area contributed by atoms with Gasteiger partial charge in [0.15, 0.2) is 0 Å². The Hall–Kier alpha value is -2.40. The van der Waals surface area contributed by atoms with Crippen LogP contribution in [-0.2, 0) is 6.42 Å². The molecule has 1 atom stereocenters. The summed E-state index contributed by atoms with van der Waals surface area (Å²) in [7, 11) is 0. The van der Waals surface area contributed by atoms with Crippen molar-refractivity contribution < 1.29 is 13.9 Å². The van der Waals surface area contributed by atoms with Gasteiger partial charge in [-0.2, -0.15) is 0 Å². The molecule has 2 saturated heterocycles. The molecule has 0 bridgehead atoms. The van der Waals surface area contributed by atoms with Crippen molar-refractivity contribution in [2.45, 2.75) is 51.2 Å². The fourth-order valence-corrected chi connectivity index (χ4v) is 4.50. The molecule has 0 saturated carbocycles. The van der Waals surface area contributed by atoms with Crippen LogP contribution in [0, 0.1) is 5.82 Å². The van der Waals surface area contributed by atoms with Gasteiger partial charge in [-0.25, -0.2) is 4.39 Å². The van der Waals surface area contributed by atoms with Gasteiger partial charge in [0.05, 0.1) is 0 Å². The molecule has 30 heavy (non-hydrogen) atoms. The fraction of sp³-hybridized carbons (Fsp3) is 0.480. The molecule has 2 aromatic carbocycles. The van der Waals surface area contributed by atoms with Gasteiger partial charge in [0, 0.05) is 37.8 Å². The number of halogens is 1. The predicted octanol–water partition coefficient (Wildman–Crippen LogP) is 4.54. The zero-order valence-corrected chi connectivity index (χ0v) is 17.7. The fourth-order valence-electron chi connectivity index (χ4n) is 4.50. The van der Waals surface area contributed by atoms with Crippen molar-refractivity contribution in [2.75, 3.05) is 26.2 Å². The number of hydrogen-bond donors (Lipinski definition) is 0. The maximum absolute atomic E-state index is 13.1. The van der Waals surface area contributed by atoms with Crippen LogP contribution in [0.5, 0.6) is 5.75 Å². The van der Waals surface area contributed by atoms with E-state index in [4.69, 9.17) is 4.74 Å². The molecule has 4 nitrogen and oxygen atoms in total. The third-order valence-electron chi connectivity index (χ3n) is 6.34. The number of piperidine rings is 1. The van der Waals surface area contributed by atoms with Crippen LogP contribution in [0.25, 0.3) is 0 Å². The number of carbonyl (C=O) groups excluding carboxylic acids is 1. The topological polar surface area (TPSA) is 32.8 Å². The normalized spacial score (nSPS) is 19.1. The highest BCUT2D eigenvalue weighted by Gasteiger charge is 2.24. The average Bonchev–Trinajstić information content (AvgIpc) is 3.31. The van der Waals surface area contributed by atoms with E-state index in [1.807, 2.05) is 41.3 Å². The van der Waals surface area contributed by atoms with E-state index in [1.54, 1.807) is 0 Å². The predicted molar refractivity (Wildman–Crippen MR) is 116 cm³/mol. The second kappa shape index (κ2) is 9.61. The van der Waals surface area contributed by atoms with Crippen LogP contribution in [-0.4, -0.2) is 54.0 Å². The first-order valence-electron chi connectivity index (χ1n) is 11.1. The molecule has 5 heteroatoms. The minimum absolute atomic E-state index is 0.127. The van der Waals surface area contributed by atoms with Crippen LogP contribution in [0.4, 0.5) is 4.39 Å². The molecular formula is C25H31FN2O2. The van der Waals surface area contributed by atoms with Crippen LogP contribution >= 0.6 is 0 Å². The molecule has 0 radical (unpaired) electrons. The molecule has 160 valence electrons. The smallest absolute Gasteiger partial charge is 0.253 e. The van der Waals surface area contributed by atoms with Crippen molar-refractivity contribution >= 4 is 5.91 Å². The first-order valence-corrected chi connectivity index (χ1v) is 11.1. The number of hydrogen-bond acceptors (Lipinski definition) is 3. The quantitative estimate of drug-likeness (QED) is 0.701. The van der Waals surface area contributed by atoms with E-state index >= 15 is 0 Å². The van der Waals surface area contributed by atoms with Gasteiger partial charge < -0.3 is 14.5 Å². The van der Waals surface area contributed by atoms with Gasteiger partial charge in [0.25, 0.3) is 5.91 Å². The lowest BCUT2D eigenvalue weighted by atomic mass is 10.0. The van der Waals surface area contributed by atoms with Crippen molar-refractivity contribution in [1.29, 1.82) is 0 Å². The lowest BCUT2D eigenvalue weighted by Gasteiger charge is -2.36. The Morgan fingerprint density at radius 1 is 1.00 bits per heavy atom. The SMILES string of the molecule is CC(Cc1ccc(F)cc1)N1CCC(Oc2ccc(C(=O)N3CCCC3)cc2)CC1. The Balaban J connectivity index is 1.24. The summed E-state index contributed by atoms with van der Waals surface area (Å²) in [5, 5.41) is 0. The van der Waals surface area contributed by atoms with Gasteiger partial charge in [0.1, 0.15) is 17.7 Å². The summed E-state index contributed by atoms with van der Waals surface area (Å²) >= 11 is 0. The highest BCUT2D eigenvalue weighted by atomic mass is 19.1. The number of ether oxygens (including phenoxy) is 1. The van der Waals surface area contributed by atoms with E-state index in [0.29, 0.717) is 6.04 Å². The maximum atomic E-state index is 13.1. The van der Waals surface area contributed by atoms with Crippen LogP contribution in [0.2, 0.25) is 0 Å². The second-order valence-electron chi connectivity index (χ2n) is 8.56. The van der Waals surface area contributed by atoms with Crippen molar-refractivity contribution in [3.8, 4) is 5.75 Å². The molecule has 2 fully saturated rings. The number of carbonyl (C=O) groups is 1. The van der Waals surface area contributed by atoms with Crippen molar-refractivity contribution in [2.24, 2.45) is 0 Å². The second-order valence-corrected chi connectivity index (χ2v) is 8.56. The molecule has 4 rings (SSSR count). The summed E-state index contributed by atoms with van der Waals surface area (Å²) in [5.41, 5.74) is 1.92. The van der Waals surface area contributed by atoms with Gasteiger partial charge in [-0.3, -0.25) is 4.79 Å². The molecule has 1 unspecified atom stereocenters. The van der Waals surface area contributed by atoms with Gasteiger partial charge >= 0.3 is 0 Å². The summed E-state index contributed by atoms with van der Waals surface area (Å²) in [5.74, 6) is 0.783. The van der Waals surface area contributed by atoms with Crippen LogP contribution in [0.15, 0.2) is 48.5 Å². The van der Waals surface area contributed by atoms with E-state index in [-0.39, 0.29) is 17.8 Å². The Labute approximate surface area is 178 Å². The summed E-state index contributed by atoms with van der Waals surface area (Å²) in [6.45, 7) is 5.97. The van der Waals surface area contributed by atoms with E-state index in [2.05, 4.69) is 11.8 Å². The molecular weight excluding hydrogens is 379 g/mol. The summed E-state index contributed by atoms with van der Waals surface area (Å²) in [4.78, 5) is 16.9. The Bertz CT molecular complexity index is 823.